The second kappa shape index (κ2) is 6.70. The van der Waals surface area contributed by atoms with E-state index in [9.17, 15) is 9.59 Å². The van der Waals surface area contributed by atoms with Crippen molar-refractivity contribution in [2.45, 2.75) is 6.92 Å². The molecule has 0 bridgehead atoms. The number of carbonyl (C=O) groups is 2. The Bertz CT molecular complexity index is 507. The van der Waals surface area contributed by atoms with Crippen LogP contribution in [0.15, 0.2) is 30.4 Å². The Morgan fingerprint density at radius 3 is 2.58 bits per heavy atom. The fraction of sp³-hybridized carbons (Fsp3) is 0.286. The minimum atomic E-state index is -0.980. The fourth-order valence-electron chi connectivity index (χ4n) is 1.48. The summed E-state index contributed by atoms with van der Waals surface area (Å²) in [6.45, 7) is 2.44. The van der Waals surface area contributed by atoms with Crippen LogP contribution in [0.3, 0.4) is 0 Å². The maximum absolute atomic E-state index is 11.6. The number of hydrogen-bond donors (Lipinski definition) is 2. The molecule has 0 saturated heterocycles. The number of anilines is 1. The number of hydrogen-bond acceptors (Lipinski definition) is 3. The Kier molecular flexibility index (Phi) is 5.26. The van der Waals surface area contributed by atoms with Crippen molar-refractivity contribution in [1.29, 1.82) is 0 Å². The summed E-state index contributed by atoms with van der Waals surface area (Å²) in [4.78, 5) is 24.4. The number of carboxylic acid groups (broad SMARTS) is 1. The molecule has 0 aliphatic rings. The molecule has 0 heterocycles. The molecule has 102 valence electrons. The molecule has 0 radical (unpaired) electrons. The number of nitrogens with zero attached hydrogens (tertiary/aromatic N) is 1. The lowest BCUT2D eigenvalue weighted by atomic mass is 10.1. The van der Waals surface area contributed by atoms with Gasteiger partial charge in [0.1, 0.15) is 0 Å². The molecule has 1 amide bonds. The first-order valence-corrected chi connectivity index (χ1v) is 5.86. The third-order valence-corrected chi connectivity index (χ3v) is 2.47. The highest BCUT2D eigenvalue weighted by molar-refractivity contribution is 6.00. The van der Waals surface area contributed by atoms with Gasteiger partial charge in [0.2, 0.25) is 5.91 Å². The third-order valence-electron chi connectivity index (χ3n) is 2.47. The number of aromatic carboxylic acids is 1. The van der Waals surface area contributed by atoms with Crippen LogP contribution in [0.4, 0.5) is 5.69 Å². The summed E-state index contributed by atoms with van der Waals surface area (Å²) in [6.07, 6.45) is 3.22. The molecule has 1 rings (SSSR count). The van der Waals surface area contributed by atoms with Crippen molar-refractivity contribution < 1.29 is 14.7 Å². The summed E-state index contributed by atoms with van der Waals surface area (Å²) in [5.41, 5.74) is 1.54. The molecule has 0 unspecified atom stereocenters. The van der Waals surface area contributed by atoms with E-state index in [1.807, 2.05) is 19.0 Å². The number of aryl methyl sites for hydroxylation is 1. The van der Waals surface area contributed by atoms with Gasteiger partial charge in [-0.15, -0.1) is 0 Å². The van der Waals surface area contributed by atoms with Crippen LogP contribution < -0.4 is 5.32 Å². The summed E-state index contributed by atoms with van der Waals surface area (Å²) < 4.78 is 0. The average molecular weight is 262 g/mol. The van der Waals surface area contributed by atoms with Gasteiger partial charge in [-0.05, 0) is 44.8 Å². The molecule has 0 aliphatic heterocycles. The standard InChI is InChI=1S/C14H18N2O3/c1-10-9-11(14(18)19)6-7-12(10)15-13(17)5-4-8-16(2)3/h4-7,9H,8H2,1-3H3,(H,15,17)(H,18,19). The zero-order chi connectivity index (χ0) is 14.4. The van der Waals surface area contributed by atoms with Crippen LogP contribution >= 0.6 is 0 Å². The Labute approximate surface area is 112 Å². The van der Waals surface area contributed by atoms with Gasteiger partial charge in [0.25, 0.3) is 0 Å². The largest absolute Gasteiger partial charge is 0.478 e. The van der Waals surface area contributed by atoms with E-state index < -0.39 is 5.97 Å². The number of benzene rings is 1. The Hall–Kier alpha value is -2.14. The van der Waals surface area contributed by atoms with E-state index in [0.717, 1.165) is 0 Å². The van der Waals surface area contributed by atoms with Gasteiger partial charge in [0.15, 0.2) is 0 Å². The van der Waals surface area contributed by atoms with Crippen molar-refractivity contribution in [3.05, 3.63) is 41.5 Å². The van der Waals surface area contributed by atoms with Gasteiger partial charge in [0.05, 0.1) is 5.56 Å². The molecule has 2 N–H and O–H groups in total. The molecular weight excluding hydrogens is 244 g/mol. The van der Waals surface area contributed by atoms with Gasteiger partial charge in [-0.3, -0.25) is 4.79 Å². The van der Waals surface area contributed by atoms with Crippen molar-refractivity contribution in [2.24, 2.45) is 0 Å². The van der Waals surface area contributed by atoms with Crippen molar-refractivity contribution >= 4 is 17.6 Å². The molecule has 1 aromatic rings. The van der Waals surface area contributed by atoms with Gasteiger partial charge in [-0.25, -0.2) is 4.79 Å². The van der Waals surface area contributed by atoms with E-state index in [4.69, 9.17) is 5.11 Å². The van der Waals surface area contributed by atoms with Crippen LogP contribution in [0, 0.1) is 6.92 Å². The molecule has 19 heavy (non-hydrogen) atoms. The number of rotatable bonds is 5. The van der Waals surface area contributed by atoms with Gasteiger partial charge in [-0.2, -0.15) is 0 Å². The van der Waals surface area contributed by atoms with Gasteiger partial charge < -0.3 is 15.3 Å². The normalized spacial score (nSPS) is 10.9. The van der Waals surface area contributed by atoms with E-state index in [-0.39, 0.29) is 11.5 Å². The number of amides is 1. The van der Waals surface area contributed by atoms with Gasteiger partial charge >= 0.3 is 5.97 Å². The van der Waals surface area contributed by atoms with E-state index in [1.165, 1.54) is 18.2 Å². The smallest absolute Gasteiger partial charge is 0.335 e. The molecule has 0 saturated carbocycles. The fourth-order valence-corrected chi connectivity index (χ4v) is 1.48. The van der Waals surface area contributed by atoms with Crippen LogP contribution in [0.1, 0.15) is 15.9 Å². The highest BCUT2D eigenvalue weighted by Crippen LogP contribution is 2.16. The predicted octanol–water partition coefficient (Wildman–Crippen LogP) is 1.75. The first kappa shape index (κ1) is 14.9. The van der Waals surface area contributed by atoms with Crippen molar-refractivity contribution in [1.82, 2.24) is 4.90 Å². The first-order valence-electron chi connectivity index (χ1n) is 5.86. The highest BCUT2D eigenvalue weighted by Gasteiger charge is 2.06. The topological polar surface area (TPSA) is 69.6 Å². The molecular formula is C14H18N2O3. The molecule has 0 aliphatic carbocycles. The van der Waals surface area contributed by atoms with Crippen LogP contribution in [0.2, 0.25) is 0 Å². The first-order chi connectivity index (χ1) is 8.90. The monoisotopic (exact) mass is 262 g/mol. The molecule has 0 spiro atoms. The lowest BCUT2D eigenvalue weighted by Gasteiger charge is -2.07. The minimum Gasteiger partial charge on any atom is -0.478 e. The van der Waals surface area contributed by atoms with Crippen LogP contribution in [0.25, 0.3) is 0 Å². The molecule has 0 fully saturated rings. The zero-order valence-corrected chi connectivity index (χ0v) is 11.3. The average Bonchev–Trinajstić information content (AvgIpc) is 2.31. The zero-order valence-electron chi connectivity index (χ0n) is 11.3. The number of nitrogens with one attached hydrogen (secondary N) is 1. The quantitative estimate of drug-likeness (QED) is 0.793. The molecule has 1 aromatic carbocycles. The summed E-state index contributed by atoms with van der Waals surface area (Å²) in [5.74, 6) is -1.21. The van der Waals surface area contributed by atoms with Crippen LogP contribution in [0.5, 0.6) is 0 Å². The summed E-state index contributed by atoms with van der Waals surface area (Å²) in [5, 5.41) is 11.6. The van der Waals surface area contributed by atoms with Crippen molar-refractivity contribution in [3.8, 4) is 0 Å². The Balaban J connectivity index is 2.70. The SMILES string of the molecule is Cc1cc(C(=O)O)ccc1NC(=O)C=CCN(C)C. The molecule has 5 nitrogen and oxygen atoms in total. The summed E-state index contributed by atoms with van der Waals surface area (Å²) in [6, 6.07) is 4.59. The second-order valence-electron chi connectivity index (χ2n) is 4.49. The Morgan fingerprint density at radius 2 is 2.05 bits per heavy atom. The van der Waals surface area contributed by atoms with Gasteiger partial charge in [0, 0.05) is 18.3 Å². The molecule has 0 atom stereocenters. The lowest BCUT2D eigenvalue weighted by molar-refractivity contribution is -0.111. The molecule has 5 heteroatoms. The third kappa shape index (κ3) is 4.93. The van der Waals surface area contributed by atoms with Crippen molar-refractivity contribution in [2.75, 3.05) is 26.0 Å². The van der Waals surface area contributed by atoms with E-state index in [1.54, 1.807) is 19.1 Å². The second-order valence-corrected chi connectivity index (χ2v) is 4.49. The number of carbonyl (C=O) groups excluding carboxylic acids is 1. The summed E-state index contributed by atoms with van der Waals surface area (Å²) in [7, 11) is 3.83. The maximum Gasteiger partial charge on any atom is 0.335 e. The van der Waals surface area contributed by atoms with Crippen LogP contribution in [-0.4, -0.2) is 42.5 Å². The maximum atomic E-state index is 11.6. The lowest BCUT2D eigenvalue weighted by Crippen LogP contribution is -2.13. The number of carboxylic acids is 1. The van der Waals surface area contributed by atoms with Crippen LogP contribution in [-0.2, 0) is 4.79 Å². The molecule has 0 aromatic heterocycles. The Morgan fingerprint density at radius 1 is 1.37 bits per heavy atom. The van der Waals surface area contributed by atoms with Gasteiger partial charge in [-0.1, -0.05) is 6.08 Å². The van der Waals surface area contributed by atoms with E-state index in [0.29, 0.717) is 17.8 Å². The van der Waals surface area contributed by atoms with E-state index in [2.05, 4.69) is 5.32 Å². The minimum absolute atomic E-state index is 0.207. The van der Waals surface area contributed by atoms with E-state index >= 15 is 0 Å². The number of likely N-dealkylation sites (N-methyl/N-ethyl adjacent to an activating group) is 1. The highest BCUT2D eigenvalue weighted by atomic mass is 16.4. The predicted molar refractivity (Wildman–Crippen MR) is 74.5 cm³/mol. The summed E-state index contributed by atoms with van der Waals surface area (Å²) >= 11 is 0. The van der Waals surface area contributed by atoms with Crippen molar-refractivity contribution in [3.63, 3.8) is 0 Å².